The zero-order valence-corrected chi connectivity index (χ0v) is 14.8. The van der Waals surface area contributed by atoms with E-state index < -0.39 is 5.60 Å². The minimum absolute atomic E-state index is 0.0797. The lowest BCUT2D eigenvalue weighted by Crippen LogP contribution is -2.34. The zero-order valence-electron chi connectivity index (χ0n) is 13.2. The van der Waals surface area contributed by atoms with E-state index in [4.69, 9.17) is 4.74 Å². The lowest BCUT2D eigenvalue weighted by molar-refractivity contribution is -0.159. The Bertz CT molecular complexity index is 522. The van der Waals surface area contributed by atoms with Crippen LogP contribution >= 0.6 is 23.5 Å². The topological polar surface area (TPSA) is 43.4 Å². The Morgan fingerprint density at radius 1 is 1.18 bits per heavy atom. The maximum Gasteiger partial charge on any atom is 0.310 e. The van der Waals surface area contributed by atoms with Crippen LogP contribution in [0.1, 0.15) is 37.6 Å². The maximum absolute atomic E-state index is 12.3. The van der Waals surface area contributed by atoms with Gasteiger partial charge in [0.25, 0.3) is 0 Å². The highest BCUT2D eigenvalue weighted by Crippen LogP contribution is 2.33. The smallest absolute Gasteiger partial charge is 0.310 e. The molecule has 22 heavy (non-hydrogen) atoms. The Balaban J connectivity index is 1.91. The third-order valence-electron chi connectivity index (χ3n) is 3.19. The second kappa shape index (κ2) is 7.55. The number of rotatable bonds is 3. The molecule has 0 aliphatic carbocycles. The summed E-state index contributed by atoms with van der Waals surface area (Å²) in [5, 5.41) is 0.250. The molecule has 0 N–H and O–H groups in total. The van der Waals surface area contributed by atoms with Crippen LogP contribution in [0, 0.1) is 5.92 Å². The molecular weight excluding hydrogens is 316 g/mol. The zero-order chi connectivity index (χ0) is 16.2. The Labute approximate surface area is 140 Å². The molecule has 2 rings (SSSR count). The normalized spacial score (nSPS) is 22.1. The van der Waals surface area contributed by atoms with E-state index in [-0.39, 0.29) is 22.3 Å². The standard InChI is InChI=1S/C17H22O3S2/c1-17(2,3)20-15(18)13-9-14(11-21-10-13)22-16(19)12-7-5-4-6-8-12/h4-8,13-14H,9-11H2,1-3H3/t13-,14+/m1/s1. The van der Waals surface area contributed by atoms with Crippen molar-refractivity contribution in [3.05, 3.63) is 35.9 Å². The lowest BCUT2D eigenvalue weighted by Gasteiger charge is -2.29. The summed E-state index contributed by atoms with van der Waals surface area (Å²) in [6.45, 7) is 5.64. The Hall–Kier alpha value is -0.940. The van der Waals surface area contributed by atoms with Gasteiger partial charge in [-0.05, 0) is 27.2 Å². The van der Waals surface area contributed by atoms with Gasteiger partial charge < -0.3 is 4.74 Å². The van der Waals surface area contributed by atoms with Crippen molar-refractivity contribution in [2.24, 2.45) is 5.92 Å². The molecule has 0 aromatic heterocycles. The van der Waals surface area contributed by atoms with Crippen LogP contribution in [0.5, 0.6) is 0 Å². The number of benzene rings is 1. The van der Waals surface area contributed by atoms with Crippen molar-refractivity contribution in [1.29, 1.82) is 0 Å². The summed E-state index contributed by atoms with van der Waals surface area (Å²) in [6.07, 6.45) is 0.713. The van der Waals surface area contributed by atoms with Gasteiger partial charge in [-0.15, -0.1) is 0 Å². The molecule has 1 aromatic carbocycles. The number of ether oxygens (including phenoxy) is 1. The number of esters is 1. The van der Waals surface area contributed by atoms with Crippen molar-refractivity contribution in [3.8, 4) is 0 Å². The first kappa shape index (κ1) is 17.4. The average Bonchev–Trinajstić information content (AvgIpc) is 2.46. The number of carbonyl (C=O) groups excluding carboxylic acids is 2. The van der Waals surface area contributed by atoms with Crippen molar-refractivity contribution < 1.29 is 14.3 Å². The van der Waals surface area contributed by atoms with Gasteiger partial charge >= 0.3 is 5.97 Å². The van der Waals surface area contributed by atoms with Crippen molar-refractivity contribution in [2.45, 2.75) is 38.0 Å². The summed E-state index contributed by atoms with van der Waals surface area (Å²) in [6, 6.07) is 9.30. The van der Waals surface area contributed by atoms with Crippen LogP contribution in [0.15, 0.2) is 30.3 Å². The molecule has 1 saturated heterocycles. The quantitative estimate of drug-likeness (QED) is 0.779. The Morgan fingerprint density at radius 3 is 2.50 bits per heavy atom. The molecule has 1 fully saturated rings. The molecular formula is C17H22O3S2. The first-order chi connectivity index (χ1) is 10.3. The van der Waals surface area contributed by atoms with Gasteiger partial charge in [0.2, 0.25) is 5.12 Å². The van der Waals surface area contributed by atoms with Gasteiger partial charge in [-0.2, -0.15) is 11.8 Å². The van der Waals surface area contributed by atoms with Crippen LogP contribution in [0.3, 0.4) is 0 Å². The van der Waals surface area contributed by atoms with E-state index in [1.54, 1.807) is 11.8 Å². The molecule has 120 valence electrons. The van der Waals surface area contributed by atoms with Crippen LogP contribution in [0.2, 0.25) is 0 Å². The van der Waals surface area contributed by atoms with Crippen molar-refractivity contribution in [3.63, 3.8) is 0 Å². The van der Waals surface area contributed by atoms with Crippen LogP contribution in [-0.2, 0) is 9.53 Å². The van der Waals surface area contributed by atoms with Gasteiger partial charge in [0.15, 0.2) is 0 Å². The van der Waals surface area contributed by atoms with E-state index in [0.717, 1.165) is 17.1 Å². The van der Waals surface area contributed by atoms with Crippen LogP contribution in [0.4, 0.5) is 0 Å². The van der Waals surface area contributed by atoms with Gasteiger partial charge in [0.05, 0.1) is 5.92 Å². The number of hydrogen-bond acceptors (Lipinski definition) is 5. The number of hydrogen-bond donors (Lipinski definition) is 0. The molecule has 0 unspecified atom stereocenters. The summed E-state index contributed by atoms with van der Waals surface area (Å²) in [7, 11) is 0. The fraction of sp³-hybridized carbons (Fsp3) is 0.529. The van der Waals surface area contributed by atoms with Crippen LogP contribution in [-0.4, -0.2) is 33.4 Å². The van der Waals surface area contributed by atoms with E-state index in [9.17, 15) is 9.59 Å². The van der Waals surface area contributed by atoms with E-state index in [1.165, 1.54) is 11.8 Å². The minimum atomic E-state index is -0.457. The molecule has 0 amide bonds. The lowest BCUT2D eigenvalue weighted by atomic mass is 10.0. The number of thioether (sulfide) groups is 2. The van der Waals surface area contributed by atoms with Gasteiger partial charge in [0, 0.05) is 22.3 Å². The van der Waals surface area contributed by atoms with E-state index in [1.807, 2.05) is 51.1 Å². The number of carbonyl (C=O) groups is 2. The fourth-order valence-corrected chi connectivity index (χ4v) is 4.78. The average molecular weight is 338 g/mol. The third kappa shape index (κ3) is 5.36. The molecule has 1 aromatic rings. The largest absolute Gasteiger partial charge is 0.460 e. The fourth-order valence-electron chi connectivity index (χ4n) is 2.22. The molecule has 3 nitrogen and oxygen atoms in total. The monoisotopic (exact) mass is 338 g/mol. The summed E-state index contributed by atoms with van der Waals surface area (Å²) in [5.74, 6) is 1.44. The Kier molecular flexibility index (Phi) is 5.98. The highest BCUT2D eigenvalue weighted by molar-refractivity contribution is 8.15. The molecule has 0 saturated carbocycles. The molecule has 0 bridgehead atoms. The molecule has 1 aliphatic heterocycles. The molecule has 1 aliphatic rings. The van der Waals surface area contributed by atoms with E-state index >= 15 is 0 Å². The molecule has 5 heteroatoms. The van der Waals surface area contributed by atoms with Crippen molar-refractivity contribution in [2.75, 3.05) is 11.5 Å². The van der Waals surface area contributed by atoms with Crippen LogP contribution < -0.4 is 0 Å². The van der Waals surface area contributed by atoms with E-state index in [0.29, 0.717) is 6.42 Å². The summed E-state index contributed by atoms with van der Waals surface area (Å²) < 4.78 is 5.47. The Morgan fingerprint density at radius 2 is 1.86 bits per heavy atom. The molecule has 1 heterocycles. The van der Waals surface area contributed by atoms with Crippen molar-refractivity contribution in [1.82, 2.24) is 0 Å². The first-order valence-electron chi connectivity index (χ1n) is 7.42. The molecule has 2 atom stereocenters. The van der Waals surface area contributed by atoms with Crippen molar-refractivity contribution >= 4 is 34.6 Å². The maximum atomic E-state index is 12.3. The highest BCUT2D eigenvalue weighted by Gasteiger charge is 2.32. The predicted octanol–water partition coefficient (Wildman–Crippen LogP) is 4.02. The van der Waals surface area contributed by atoms with Gasteiger partial charge in [-0.25, -0.2) is 0 Å². The first-order valence-corrected chi connectivity index (χ1v) is 9.45. The van der Waals surface area contributed by atoms with Crippen LogP contribution in [0.25, 0.3) is 0 Å². The predicted molar refractivity (Wildman–Crippen MR) is 93.4 cm³/mol. The molecule has 0 radical (unpaired) electrons. The van der Waals surface area contributed by atoms with Gasteiger partial charge in [0.1, 0.15) is 5.60 Å². The summed E-state index contributed by atoms with van der Waals surface area (Å²) in [4.78, 5) is 24.4. The SMILES string of the molecule is CC(C)(C)OC(=O)[C@H]1CSC[C@@H](SC(=O)c2ccccc2)C1. The third-order valence-corrected chi connectivity index (χ3v) is 5.82. The highest BCUT2D eigenvalue weighted by atomic mass is 32.2. The van der Waals surface area contributed by atoms with Gasteiger partial charge in [-0.3, -0.25) is 9.59 Å². The second-order valence-electron chi connectivity index (χ2n) is 6.40. The van der Waals surface area contributed by atoms with E-state index in [2.05, 4.69) is 0 Å². The summed E-state index contributed by atoms with van der Waals surface area (Å²) in [5.41, 5.74) is 0.263. The molecule has 0 spiro atoms. The van der Waals surface area contributed by atoms with Gasteiger partial charge in [-0.1, -0.05) is 42.1 Å². The summed E-state index contributed by atoms with van der Waals surface area (Å²) >= 11 is 3.07. The second-order valence-corrected chi connectivity index (χ2v) is 8.74. The minimum Gasteiger partial charge on any atom is -0.460 e.